The van der Waals surface area contributed by atoms with Crippen LogP contribution in [0.4, 0.5) is 4.39 Å². The van der Waals surface area contributed by atoms with Gasteiger partial charge in [0.25, 0.3) is 11.8 Å². The van der Waals surface area contributed by atoms with Crippen molar-refractivity contribution in [1.82, 2.24) is 14.9 Å². The van der Waals surface area contributed by atoms with E-state index in [1.165, 1.54) is 14.2 Å². The summed E-state index contributed by atoms with van der Waals surface area (Å²) in [5.41, 5.74) is 5.38. The first-order valence-corrected chi connectivity index (χ1v) is 9.43. The number of ether oxygens (including phenoxy) is 2. The number of rotatable bonds is 5. The fraction of sp³-hybridized carbons (Fsp3) is 0.381. The van der Waals surface area contributed by atoms with Crippen molar-refractivity contribution in [3.8, 4) is 29.0 Å². The van der Waals surface area contributed by atoms with Crippen LogP contribution in [0.25, 0.3) is 11.4 Å². The molecule has 2 heterocycles. The van der Waals surface area contributed by atoms with Crippen LogP contribution in [-0.4, -0.2) is 54.4 Å². The summed E-state index contributed by atoms with van der Waals surface area (Å²) < 4.78 is 26.1. The van der Waals surface area contributed by atoms with Crippen molar-refractivity contribution < 1.29 is 23.5 Å². The summed E-state index contributed by atoms with van der Waals surface area (Å²) in [6, 6.07) is 5.19. The number of primary amides is 1. The van der Waals surface area contributed by atoms with Gasteiger partial charge in [-0.1, -0.05) is 18.8 Å². The Bertz CT molecular complexity index is 1040. The highest BCUT2D eigenvalue weighted by molar-refractivity contribution is 6.05. The van der Waals surface area contributed by atoms with Crippen LogP contribution in [0.15, 0.2) is 18.2 Å². The lowest BCUT2D eigenvalue weighted by Gasteiger charge is -2.21. The Hall–Kier alpha value is -3.38. The smallest absolute Gasteiger partial charge is 0.270 e. The number of nitrogens with two attached hydrogens (primary N) is 1. The number of methoxy groups -OCH3 is 1. The highest BCUT2D eigenvalue weighted by atomic mass is 19.1. The summed E-state index contributed by atoms with van der Waals surface area (Å²) in [5, 5.41) is 2.50. The van der Waals surface area contributed by atoms with Gasteiger partial charge in [0.2, 0.25) is 0 Å². The Morgan fingerprint density at radius 3 is 2.83 bits per heavy atom. The van der Waals surface area contributed by atoms with E-state index in [1.54, 1.807) is 29.7 Å². The standard InChI is InChI=1S/C21H23FN4O4/c1-4-21(12-22,29-3)8-7-13-5-6-15-14(11-13)19-25-16(18(23)27)17(20(28)24-2)26(19)9-10-30-15/h5-6,11H,4,9-10,12H2,1-3H3,(H2,23,27)(H,24,28). The largest absolute Gasteiger partial charge is 0.491 e. The van der Waals surface area contributed by atoms with Crippen molar-refractivity contribution in [1.29, 1.82) is 0 Å². The molecule has 0 bridgehead atoms. The summed E-state index contributed by atoms with van der Waals surface area (Å²) in [6.45, 7) is 1.64. The van der Waals surface area contributed by atoms with E-state index < -0.39 is 24.1 Å². The number of aromatic nitrogens is 2. The van der Waals surface area contributed by atoms with Gasteiger partial charge in [0, 0.05) is 19.7 Å². The molecule has 1 aliphatic rings. The van der Waals surface area contributed by atoms with Crippen molar-refractivity contribution >= 4 is 11.8 Å². The molecule has 0 fully saturated rings. The molecule has 158 valence electrons. The van der Waals surface area contributed by atoms with Crippen LogP contribution >= 0.6 is 0 Å². The molecule has 0 saturated heterocycles. The molecule has 3 N–H and O–H groups in total. The first-order chi connectivity index (χ1) is 14.4. The van der Waals surface area contributed by atoms with Gasteiger partial charge in [-0.2, -0.15) is 0 Å². The fourth-order valence-corrected chi connectivity index (χ4v) is 3.20. The molecule has 3 rings (SSSR count). The number of hydrogen-bond donors (Lipinski definition) is 2. The third kappa shape index (κ3) is 3.74. The van der Waals surface area contributed by atoms with Gasteiger partial charge in [-0.15, -0.1) is 0 Å². The zero-order valence-corrected chi connectivity index (χ0v) is 17.0. The van der Waals surface area contributed by atoms with E-state index in [0.29, 0.717) is 35.7 Å². The minimum Gasteiger partial charge on any atom is -0.491 e. The Labute approximate surface area is 173 Å². The SMILES string of the molecule is CCC(C#Cc1ccc2c(c1)-c1nc(C(N)=O)c(C(=O)NC)n1CCO2)(CF)OC. The molecule has 0 aliphatic carbocycles. The molecule has 0 radical (unpaired) electrons. The van der Waals surface area contributed by atoms with Crippen LogP contribution in [0.2, 0.25) is 0 Å². The van der Waals surface area contributed by atoms with Crippen molar-refractivity contribution in [3.05, 3.63) is 35.2 Å². The number of imidazole rings is 1. The average Bonchev–Trinajstić information content (AvgIpc) is 3.06. The van der Waals surface area contributed by atoms with E-state index in [4.69, 9.17) is 15.2 Å². The van der Waals surface area contributed by atoms with Gasteiger partial charge in [0.1, 0.15) is 30.5 Å². The van der Waals surface area contributed by atoms with Crippen LogP contribution in [-0.2, 0) is 11.3 Å². The number of nitrogens with one attached hydrogen (secondary N) is 1. The van der Waals surface area contributed by atoms with Gasteiger partial charge in [0.05, 0.1) is 12.1 Å². The molecule has 1 unspecified atom stereocenters. The van der Waals surface area contributed by atoms with Gasteiger partial charge in [-0.05, 0) is 24.6 Å². The second kappa shape index (κ2) is 8.55. The molecule has 8 nitrogen and oxygen atoms in total. The predicted octanol–water partition coefficient (Wildman–Crippen LogP) is 1.52. The molecular formula is C21H23FN4O4. The minimum atomic E-state index is -1.17. The molecule has 0 spiro atoms. The minimum absolute atomic E-state index is 0.0785. The summed E-state index contributed by atoms with van der Waals surface area (Å²) >= 11 is 0. The number of alkyl halides is 1. The molecule has 2 aromatic rings. The maximum Gasteiger partial charge on any atom is 0.270 e. The maximum absolute atomic E-state index is 13.4. The second-order valence-corrected chi connectivity index (χ2v) is 6.72. The van der Waals surface area contributed by atoms with Crippen molar-refractivity contribution in [3.63, 3.8) is 0 Å². The van der Waals surface area contributed by atoms with E-state index in [9.17, 15) is 14.0 Å². The van der Waals surface area contributed by atoms with E-state index in [0.717, 1.165) is 0 Å². The lowest BCUT2D eigenvalue weighted by Crippen LogP contribution is -2.31. The van der Waals surface area contributed by atoms with E-state index in [2.05, 4.69) is 22.1 Å². The third-order valence-electron chi connectivity index (χ3n) is 5.05. The number of halogens is 1. The Morgan fingerprint density at radius 1 is 1.47 bits per heavy atom. The summed E-state index contributed by atoms with van der Waals surface area (Å²) in [7, 11) is 2.88. The lowest BCUT2D eigenvalue weighted by atomic mass is 10.0. The number of nitrogens with zero attached hydrogens (tertiary/aromatic N) is 2. The second-order valence-electron chi connectivity index (χ2n) is 6.72. The van der Waals surface area contributed by atoms with Gasteiger partial charge in [-0.3, -0.25) is 9.59 Å². The Kier molecular flexibility index (Phi) is 6.08. The topological polar surface area (TPSA) is 108 Å². The number of carbonyl (C=O) groups is 2. The van der Waals surface area contributed by atoms with Crippen molar-refractivity contribution in [2.24, 2.45) is 5.73 Å². The number of carbonyl (C=O) groups excluding carboxylic acids is 2. The molecule has 2 amide bonds. The van der Waals surface area contributed by atoms with Gasteiger partial charge >= 0.3 is 0 Å². The highest BCUT2D eigenvalue weighted by Gasteiger charge is 2.29. The number of amides is 2. The summed E-state index contributed by atoms with van der Waals surface area (Å²) in [5.74, 6) is 5.42. The average molecular weight is 414 g/mol. The Morgan fingerprint density at radius 2 is 2.23 bits per heavy atom. The van der Waals surface area contributed by atoms with E-state index in [-0.39, 0.29) is 18.0 Å². The van der Waals surface area contributed by atoms with Crippen molar-refractivity contribution in [2.75, 3.05) is 27.4 Å². The van der Waals surface area contributed by atoms with Crippen LogP contribution in [0, 0.1) is 11.8 Å². The number of hydrogen-bond acceptors (Lipinski definition) is 5. The van der Waals surface area contributed by atoms with Crippen LogP contribution < -0.4 is 15.8 Å². The third-order valence-corrected chi connectivity index (χ3v) is 5.05. The van der Waals surface area contributed by atoms with Crippen LogP contribution in [0.3, 0.4) is 0 Å². The number of fused-ring (bicyclic) bond motifs is 3. The molecular weight excluding hydrogens is 391 g/mol. The van der Waals surface area contributed by atoms with Crippen LogP contribution in [0.5, 0.6) is 5.75 Å². The lowest BCUT2D eigenvalue weighted by molar-refractivity contribution is 0.0170. The summed E-state index contributed by atoms with van der Waals surface area (Å²) in [4.78, 5) is 28.6. The molecule has 1 aromatic heterocycles. The molecule has 30 heavy (non-hydrogen) atoms. The maximum atomic E-state index is 13.4. The van der Waals surface area contributed by atoms with Crippen LogP contribution in [0.1, 0.15) is 39.9 Å². The zero-order valence-electron chi connectivity index (χ0n) is 17.0. The first-order valence-electron chi connectivity index (χ1n) is 9.43. The quantitative estimate of drug-likeness (QED) is 0.721. The Balaban J connectivity index is 2.16. The van der Waals surface area contributed by atoms with Crippen molar-refractivity contribution in [2.45, 2.75) is 25.5 Å². The number of benzene rings is 1. The van der Waals surface area contributed by atoms with E-state index >= 15 is 0 Å². The molecule has 0 saturated carbocycles. The molecule has 1 atom stereocenters. The molecule has 1 aromatic carbocycles. The monoisotopic (exact) mass is 414 g/mol. The van der Waals surface area contributed by atoms with Gasteiger partial charge in [0.15, 0.2) is 11.3 Å². The predicted molar refractivity (Wildman–Crippen MR) is 108 cm³/mol. The normalized spacial score (nSPS) is 14.1. The van der Waals surface area contributed by atoms with Gasteiger partial charge < -0.3 is 25.1 Å². The highest BCUT2D eigenvalue weighted by Crippen LogP contribution is 2.34. The fourth-order valence-electron chi connectivity index (χ4n) is 3.20. The molecule has 9 heteroatoms. The molecule has 1 aliphatic heterocycles. The van der Waals surface area contributed by atoms with E-state index in [1.807, 2.05) is 0 Å². The van der Waals surface area contributed by atoms with Gasteiger partial charge in [-0.25, -0.2) is 9.37 Å². The zero-order chi connectivity index (χ0) is 21.9. The first kappa shape index (κ1) is 21.3. The summed E-state index contributed by atoms with van der Waals surface area (Å²) in [6.07, 6.45) is 0.392.